The molecule has 4 heterocycles. The maximum atomic E-state index is 12.6. The molecule has 10 nitrogen and oxygen atoms in total. The maximum Gasteiger partial charge on any atom is 0.259 e. The first kappa shape index (κ1) is 23.3. The van der Waals surface area contributed by atoms with Crippen LogP contribution in [0.1, 0.15) is 34.1 Å². The van der Waals surface area contributed by atoms with Crippen LogP contribution in [0.5, 0.6) is 0 Å². The van der Waals surface area contributed by atoms with Crippen molar-refractivity contribution in [2.24, 2.45) is 19.8 Å². The van der Waals surface area contributed by atoms with Gasteiger partial charge in [0.2, 0.25) is 0 Å². The Kier molecular flexibility index (Phi) is 6.33. The van der Waals surface area contributed by atoms with Crippen molar-refractivity contribution >= 4 is 28.1 Å². The summed E-state index contributed by atoms with van der Waals surface area (Å²) in [5.74, 6) is 5.66. The number of amides is 1. The molecule has 4 aromatic heterocycles. The lowest BCUT2D eigenvalue weighted by atomic mass is 10.0. The molecule has 0 bridgehead atoms. The average Bonchev–Trinajstić information content (AvgIpc) is 3.41. The van der Waals surface area contributed by atoms with Gasteiger partial charge in [-0.2, -0.15) is 5.10 Å². The zero-order chi connectivity index (χ0) is 25.1. The van der Waals surface area contributed by atoms with E-state index in [1.807, 2.05) is 45.4 Å². The molecule has 0 unspecified atom stereocenters. The van der Waals surface area contributed by atoms with Gasteiger partial charge in [0.1, 0.15) is 5.56 Å². The third kappa shape index (κ3) is 4.60. The first-order valence-corrected chi connectivity index (χ1v) is 10.8. The summed E-state index contributed by atoms with van der Waals surface area (Å²) in [6.07, 6.45) is 7.58. The number of benzene rings is 1. The molecule has 0 spiro atoms. The number of nitrogens with zero attached hydrogens (tertiary/aromatic N) is 6. The second kappa shape index (κ2) is 9.52. The number of hydrogen-bond donors (Lipinski definition) is 2. The van der Waals surface area contributed by atoms with Gasteiger partial charge in [0, 0.05) is 43.9 Å². The molecule has 0 radical (unpaired) electrons. The van der Waals surface area contributed by atoms with E-state index in [1.54, 1.807) is 33.9 Å². The zero-order valence-corrected chi connectivity index (χ0v) is 19.6. The molecule has 1 amide bonds. The van der Waals surface area contributed by atoms with Crippen molar-refractivity contribution in [1.29, 1.82) is 0 Å². The Morgan fingerprint density at radius 3 is 2.66 bits per heavy atom. The number of fused-ring (bicyclic) bond motifs is 2. The summed E-state index contributed by atoms with van der Waals surface area (Å²) in [7, 11) is 3.66. The van der Waals surface area contributed by atoms with Gasteiger partial charge in [-0.1, -0.05) is 30.9 Å². The molecular weight excluding hydrogens is 444 g/mol. The van der Waals surface area contributed by atoms with Gasteiger partial charge in [0.15, 0.2) is 11.5 Å². The van der Waals surface area contributed by atoms with E-state index in [0.717, 1.165) is 28.6 Å². The quantitative estimate of drug-likeness (QED) is 0.378. The summed E-state index contributed by atoms with van der Waals surface area (Å²) in [6, 6.07) is 9.54. The monoisotopic (exact) mass is 468 g/mol. The number of hydrogen-bond acceptors (Lipinski definition) is 6. The predicted molar refractivity (Wildman–Crippen MR) is 134 cm³/mol. The highest BCUT2D eigenvalue weighted by molar-refractivity contribution is 6.03. The van der Waals surface area contributed by atoms with E-state index >= 15 is 0 Å². The van der Waals surface area contributed by atoms with Crippen molar-refractivity contribution in [3.05, 3.63) is 87.9 Å². The van der Waals surface area contributed by atoms with Crippen LogP contribution in [0.15, 0.2) is 59.9 Å². The highest BCUT2D eigenvalue weighted by Crippen LogP contribution is 2.16. The lowest BCUT2D eigenvalue weighted by Gasteiger charge is -2.09. The van der Waals surface area contributed by atoms with E-state index < -0.39 is 5.91 Å². The van der Waals surface area contributed by atoms with Gasteiger partial charge < -0.3 is 16.0 Å². The van der Waals surface area contributed by atoms with Crippen molar-refractivity contribution in [3.8, 4) is 11.8 Å². The van der Waals surface area contributed by atoms with Crippen LogP contribution in [-0.4, -0.2) is 34.9 Å². The summed E-state index contributed by atoms with van der Waals surface area (Å²) >= 11 is 0. The minimum Gasteiger partial charge on any atom is -0.381 e. The van der Waals surface area contributed by atoms with Crippen LogP contribution >= 0.6 is 0 Å². The molecule has 10 heteroatoms. The van der Waals surface area contributed by atoms with Crippen LogP contribution in [-0.2, 0) is 20.5 Å². The van der Waals surface area contributed by atoms with Crippen LogP contribution in [0.25, 0.3) is 16.4 Å². The van der Waals surface area contributed by atoms with Crippen LogP contribution in [0.3, 0.4) is 0 Å². The molecule has 0 aliphatic rings. The number of aryl methyl sites for hydroxylation is 2. The number of anilines is 1. The van der Waals surface area contributed by atoms with Gasteiger partial charge in [-0.3, -0.25) is 14.3 Å². The van der Waals surface area contributed by atoms with E-state index in [2.05, 4.69) is 33.1 Å². The number of nitrogens with two attached hydrogens (primary N) is 2. The van der Waals surface area contributed by atoms with Gasteiger partial charge in [-0.25, -0.2) is 9.50 Å². The SMILES string of the molecule is CCc1cc2cccc(C#Cc3cnn(C)c3)c2c(=O)n1C.NC(=O)c1c(N)nn2cccnc12. The highest BCUT2D eigenvalue weighted by Gasteiger charge is 2.15. The number of pyridine rings is 1. The molecule has 4 N–H and O–H groups in total. The first-order valence-electron chi connectivity index (χ1n) is 10.8. The molecule has 5 rings (SSSR count). The molecule has 35 heavy (non-hydrogen) atoms. The Bertz CT molecular complexity index is 1680. The van der Waals surface area contributed by atoms with Gasteiger partial charge in [-0.15, -0.1) is 5.10 Å². The summed E-state index contributed by atoms with van der Waals surface area (Å²) in [5.41, 5.74) is 13.8. The normalized spacial score (nSPS) is 10.5. The third-order valence-corrected chi connectivity index (χ3v) is 5.45. The van der Waals surface area contributed by atoms with Crippen LogP contribution in [0.2, 0.25) is 0 Å². The second-order valence-corrected chi connectivity index (χ2v) is 7.79. The number of aromatic nitrogens is 6. The van der Waals surface area contributed by atoms with Gasteiger partial charge in [0.25, 0.3) is 11.5 Å². The standard InChI is InChI=1S/C18H17N3O.C7H7N5O/c1-4-16-10-15-7-5-6-14(17(15)18(22)21(16)3)9-8-13-11-19-20(2)12-13;8-5-4(6(9)13)7-10-2-1-3-12(7)11-5/h5-7,10-12H,4H2,1-3H3;1-3H,(H2,8,11)(H2,9,13). The minimum atomic E-state index is -0.619. The summed E-state index contributed by atoms with van der Waals surface area (Å²) < 4.78 is 4.83. The van der Waals surface area contributed by atoms with Crippen LogP contribution in [0, 0.1) is 11.8 Å². The van der Waals surface area contributed by atoms with E-state index in [9.17, 15) is 9.59 Å². The number of rotatable bonds is 2. The predicted octanol–water partition coefficient (Wildman–Crippen LogP) is 1.64. The van der Waals surface area contributed by atoms with Crippen molar-refractivity contribution in [3.63, 3.8) is 0 Å². The largest absolute Gasteiger partial charge is 0.381 e. The molecule has 0 atom stereocenters. The van der Waals surface area contributed by atoms with Crippen LogP contribution in [0.4, 0.5) is 5.82 Å². The number of primary amides is 1. The molecule has 0 saturated carbocycles. The first-order chi connectivity index (χ1) is 16.8. The Hall–Kier alpha value is -4.91. The zero-order valence-electron chi connectivity index (χ0n) is 19.6. The molecule has 0 aliphatic carbocycles. The van der Waals surface area contributed by atoms with Gasteiger partial charge in [-0.05, 0) is 30.0 Å². The molecule has 0 fully saturated rings. The lowest BCUT2D eigenvalue weighted by Crippen LogP contribution is -2.20. The van der Waals surface area contributed by atoms with Gasteiger partial charge in [0.05, 0.1) is 17.1 Å². The Balaban J connectivity index is 0.000000189. The van der Waals surface area contributed by atoms with Crippen LogP contribution < -0.4 is 17.0 Å². The van der Waals surface area contributed by atoms with E-state index in [0.29, 0.717) is 11.0 Å². The smallest absolute Gasteiger partial charge is 0.259 e. The summed E-state index contributed by atoms with van der Waals surface area (Å²) in [6.45, 7) is 2.05. The van der Waals surface area contributed by atoms with Crippen molar-refractivity contribution < 1.29 is 4.79 Å². The van der Waals surface area contributed by atoms with E-state index in [1.165, 1.54) is 4.52 Å². The molecule has 176 valence electrons. The number of carbonyl (C=O) groups excluding carboxylic acids is 1. The van der Waals surface area contributed by atoms with E-state index in [4.69, 9.17) is 11.5 Å². The Labute approximate surface area is 200 Å². The maximum absolute atomic E-state index is 12.6. The van der Waals surface area contributed by atoms with Crippen molar-refractivity contribution in [2.75, 3.05) is 5.73 Å². The summed E-state index contributed by atoms with van der Waals surface area (Å²) in [4.78, 5) is 27.5. The number of carbonyl (C=O) groups is 1. The molecule has 0 aliphatic heterocycles. The third-order valence-electron chi connectivity index (χ3n) is 5.45. The second-order valence-electron chi connectivity index (χ2n) is 7.79. The lowest BCUT2D eigenvalue weighted by molar-refractivity contribution is 0.100. The molecule has 5 aromatic rings. The highest BCUT2D eigenvalue weighted by atomic mass is 16.1. The van der Waals surface area contributed by atoms with Gasteiger partial charge >= 0.3 is 0 Å². The Morgan fingerprint density at radius 2 is 1.97 bits per heavy atom. The average molecular weight is 469 g/mol. The minimum absolute atomic E-state index is 0.00503. The number of nitrogen functional groups attached to an aromatic ring is 1. The van der Waals surface area contributed by atoms with Crippen molar-refractivity contribution in [2.45, 2.75) is 13.3 Å². The van der Waals surface area contributed by atoms with Crippen molar-refractivity contribution in [1.82, 2.24) is 28.9 Å². The topological polar surface area (TPSA) is 139 Å². The van der Waals surface area contributed by atoms with E-state index in [-0.39, 0.29) is 16.9 Å². The fourth-order valence-electron chi connectivity index (χ4n) is 3.71. The molecule has 0 saturated heterocycles. The molecular formula is C25H24N8O2. The fraction of sp³-hybridized carbons (Fsp3) is 0.160. The molecule has 1 aromatic carbocycles. The summed E-state index contributed by atoms with van der Waals surface area (Å²) in [5, 5.41) is 9.58. The fourth-order valence-corrected chi connectivity index (χ4v) is 3.71. The Morgan fingerprint density at radius 1 is 1.17 bits per heavy atom.